The van der Waals surface area contributed by atoms with E-state index in [9.17, 15) is 22.8 Å². The highest BCUT2D eigenvalue weighted by Gasteiger charge is 2.36. The molecule has 36 heavy (non-hydrogen) atoms. The topological polar surface area (TPSA) is 97.5 Å². The molecule has 3 aromatic rings. The van der Waals surface area contributed by atoms with Gasteiger partial charge in [-0.1, -0.05) is 6.07 Å². The number of carbonyl (C=O) groups is 2. The number of hydrogen-bond donors (Lipinski definition) is 0. The number of benzene rings is 2. The number of rotatable bonds is 7. The number of carbonyl (C=O) groups excluding carboxylic acids is 2. The fourth-order valence-corrected chi connectivity index (χ4v) is 4.23. The number of thioether (sulfide) groups is 1. The van der Waals surface area contributed by atoms with Gasteiger partial charge < -0.3 is 9.47 Å². The van der Waals surface area contributed by atoms with E-state index in [1.54, 1.807) is 29.2 Å². The van der Waals surface area contributed by atoms with E-state index < -0.39 is 28.6 Å². The number of amides is 2. The number of aromatic nitrogens is 2. The van der Waals surface area contributed by atoms with Crippen molar-refractivity contribution < 1.29 is 32.2 Å². The van der Waals surface area contributed by atoms with Crippen LogP contribution >= 0.6 is 11.8 Å². The number of nitriles is 1. The summed E-state index contributed by atoms with van der Waals surface area (Å²) >= 11 is 0.788. The van der Waals surface area contributed by atoms with Crippen molar-refractivity contribution in [3.63, 3.8) is 0 Å². The molecule has 12 heteroatoms. The molecule has 2 amide bonds. The third-order valence-corrected chi connectivity index (χ3v) is 6.01. The lowest BCUT2D eigenvalue weighted by molar-refractivity contribution is -0.138. The maximum absolute atomic E-state index is 13.5. The molecule has 1 aliphatic rings. The van der Waals surface area contributed by atoms with Crippen LogP contribution in [0, 0.1) is 11.3 Å². The molecule has 4 rings (SSSR count). The van der Waals surface area contributed by atoms with Gasteiger partial charge in [0.05, 0.1) is 35.8 Å². The summed E-state index contributed by atoms with van der Waals surface area (Å²) in [7, 11) is 1.32. The molecule has 2 heterocycles. The second-order valence-electron chi connectivity index (χ2n) is 7.44. The number of ether oxygens (including phenoxy) is 2. The van der Waals surface area contributed by atoms with Gasteiger partial charge in [-0.25, -0.2) is 0 Å². The van der Waals surface area contributed by atoms with E-state index in [2.05, 4.69) is 5.10 Å². The molecule has 0 radical (unpaired) electrons. The molecule has 0 aliphatic carbocycles. The lowest BCUT2D eigenvalue weighted by Gasteiger charge is -2.16. The Balaban J connectivity index is 1.55. The Bertz CT molecular complexity index is 1380. The van der Waals surface area contributed by atoms with Crippen molar-refractivity contribution in [2.24, 2.45) is 0 Å². The summed E-state index contributed by atoms with van der Waals surface area (Å²) in [5.41, 5.74) is -0.778. The third kappa shape index (κ3) is 5.36. The first-order valence-corrected chi connectivity index (χ1v) is 11.2. The summed E-state index contributed by atoms with van der Waals surface area (Å²) in [6, 6.07) is 10.8. The Kier molecular flexibility index (Phi) is 7.03. The van der Waals surface area contributed by atoms with Gasteiger partial charge in [0.2, 0.25) is 0 Å². The van der Waals surface area contributed by atoms with Crippen LogP contribution in [0.15, 0.2) is 59.8 Å². The Hall–Kier alpha value is -4.24. The molecule has 0 spiro atoms. The Morgan fingerprint density at radius 1 is 1.11 bits per heavy atom. The predicted octanol–water partition coefficient (Wildman–Crippen LogP) is 5.31. The van der Waals surface area contributed by atoms with E-state index in [1.165, 1.54) is 37.5 Å². The Morgan fingerprint density at radius 3 is 2.56 bits per heavy atom. The van der Waals surface area contributed by atoms with Crippen LogP contribution in [0.1, 0.15) is 16.7 Å². The number of hydrogen-bond acceptors (Lipinski definition) is 7. The molecule has 0 N–H and O–H groups in total. The number of halogens is 3. The van der Waals surface area contributed by atoms with Crippen LogP contribution in [0.3, 0.4) is 0 Å². The monoisotopic (exact) mass is 514 g/mol. The van der Waals surface area contributed by atoms with E-state index in [0.29, 0.717) is 18.2 Å². The van der Waals surface area contributed by atoms with Gasteiger partial charge in [0.15, 0.2) is 11.5 Å². The van der Waals surface area contributed by atoms with Crippen LogP contribution in [0.25, 0.3) is 6.08 Å². The lowest BCUT2D eigenvalue weighted by Crippen LogP contribution is -2.31. The first kappa shape index (κ1) is 24.9. The van der Waals surface area contributed by atoms with Crippen molar-refractivity contribution in [3.05, 3.63) is 76.5 Å². The highest BCUT2D eigenvalue weighted by molar-refractivity contribution is 8.18. The van der Waals surface area contributed by atoms with Crippen molar-refractivity contribution in [3.8, 4) is 23.3 Å². The second kappa shape index (κ2) is 10.2. The second-order valence-corrected chi connectivity index (χ2v) is 8.43. The van der Waals surface area contributed by atoms with E-state index in [1.807, 2.05) is 0 Å². The standard InChI is InChI=1S/C24H17F3N4O4S/c1-34-20-12-15(13-21-22(32)31(23(33)36-21)10-9-30-8-2-7-29-30)3-6-19(20)35-18-5-4-16(14-28)11-17(18)24(25,26)27/h2-8,11-13H,9-10H2,1H3. The van der Waals surface area contributed by atoms with Crippen molar-refractivity contribution in [2.45, 2.75) is 12.7 Å². The minimum Gasteiger partial charge on any atom is -0.493 e. The zero-order valence-electron chi connectivity index (χ0n) is 18.7. The molecule has 8 nitrogen and oxygen atoms in total. The molecule has 1 aromatic heterocycles. The summed E-state index contributed by atoms with van der Waals surface area (Å²) < 4.78 is 52.8. The van der Waals surface area contributed by atoms with Gasteiger partial charge in [0.1, 0.15) is 5.75 Å². The van der Waals surface area contributed by atoms with Gasteiger partial charge in [-0.3, -0.25) is 19.2 Å². The molecule has 1 fully saturated rings. The summed E-state index contributed by atoms with van der Waals surface area (Å²) in [6.45, 7) is 0.513. The van der Waals surface area contributed by atoms with E-state index in [0.717, 1.165) is 22.7 Å². The predicted molar refractivity (Wildman–Crippen MR) is 124 cm³/mol. The minimum atomic E-state index is -4.74. The quantitative estimate of drug-likeness (QED) is 0.394. The van der Waals surface area contributed by atoms with Gasteiger partial charge in [-0.2, -0.15) is 23.5 Å². The molecule has 1 aliphatic heterocycles. The lowest BCUT2D eigenvalue weighted by atomic mass is 10.1. The SMILES string of the molecule is COc1cc(C=C2SC(=O)N(CCn3cccn3)C2=O)ccc1Oc1ccc(C#N)cc1C(F)(F)F. The highest BCUT2D eigenvalue weighted by atomic mass is 32.2. The molecular formula is C24H17F3N4O4S. The van der Waals surface area contributed by atoms with Gasteiger partial charge in [0, 0.05) is 18.9 Å². The van der Waals surface area contributed by atoms with Crippen LogP contribution in [-0.4, -0.2) is 39.5 Å². The van der Waals surface area contributed by atoms with Gasteiger partial charge in [-0.05, 0) is 59.8 Å². The molecule has 0 bridgehead atoms. The van der Waals surface area contributed by atoms with Gasteiger partial charge >= 0.3 is 6.18 Å². The molecule has 0 unspecified atom stereocenters. The minimum absolute atomic E-state index is 0.00261. The average Bonchev–Trinajstić information content (AvgIpc) is 3.46. The number of imide groups is 1. The summed E-state index contributed by atoms with van der Waals surface area (Å²) in [5, 5.41) is 12.6. The maximum Gasteiger partial charge on any atom is 0.420 e. The fourth-order valence-electron chi connectivity index (χ4n) is 3.37. The molecule has 0 atom stereocenters. The first-order valence-electron chi connectivity index (χ1n) is 10.4. The van der Waals surface area contributed by atoms with Gasteiger partial charge in [-0.15, -0.1) is 0 Å². The molecule has 2 aromatic carbocycles. The zero-order chi connectivity index (χ0) is 25.9. The summed E-state index contributed by atoms with van der Waals surface area (Å²) in [4.78, 5) is 26.4. The maximum atomic E-state index is 13.5. The van der Waals surface area contributed by atoms with Crippen LogP contribution < -0.4 is 9.47 Å². The molecule has 1 saturated heterocycles. The van der Waals surface area contributed by atoms with Crippen molar-refractivity contribution in [1.82, 2.24) is 14.7 Å². The molecule has 184 valence electrons. The first-order chi connectivity index (χ1) is 17.2. The van der Waals surface area contributed by atoms with Crippen LogP contribution in [-0.2, 0) is 17.5 Å². The van der Waals surface area contributed by atoms with Crippen LogP contribution in [0.4, 0.5) is 18.0 Å². The molecular weight excluding hydrogens is 497 g/mol. The average molecular weight is 514 g/mol. The fraction of sp³-hybridized carbons (Fsp3) is 0.167. The Morgan fingerprint density at radius 2 is 1.89 bits per heavy atom. The Labute approximate surface area is 207 Å². The summed E-state index contributed by atoms with van der Waals surface area (Å²) in [5.74, 6) is -0.842. The normalized spacial score (nSPS) is 14.9. The number of alkyl halides is 3. The zero-order valence-corrected chi connectivity index (χ0v) is 19.5. The van der Waals surface area contributed by atoms with E-state index in [-0.39, 0.29) is 28.5 Å². The number of nitrogens with zero attached hydrogens (tertiary/aromatic N) is 4. The van der Waals surface area contributed by atoms with Crippen molar-refractivity contribution >= 4 is 29.0 Å². The smallest absolute Gasteiger partial charge is 0.420 e. The van der Waals surface area contributed by atoms with E-state index in [4.69, 9.17) is 14.7 Å². The van der Waals surface area contributed by atoms with E-state index >= 15 is 0 Å². The van der Waals surface area contributed by atoms with Crippen molar-refractivity contribution in [2.75, 3.05) is 13.7 Å². The van der Waals surface area contributed by atoms with Crippen LogP contribution in [0.5, 0.6) is 17.2 Å². The largest absolute Gasteiger partial charge is 0.493 e. The highest BCUT2D eigenvalue weighted by Crippen LogP contribution is 2.41. The van der Waals surface area contributed by atoms with Gasteiger partial charge in [0.25, 0.3) is 11.1 Å². The number of methoxy groups -OCH3 is 1. The summed E-state index contributed by atoms with van der Waals surface area (Å²) in [6.07, 6.45) is 0.0732. The van der Waals surface area contributed by atoms with Crippen molar-refractivity contribution in [1.29, 1.82) is 5.26 Å². The third-order valence-electron chi connectivity index (χ3n) is 5.10. The molecule has 0 saturated carbocycles. The van der Waals surface area contributed by atoms with Crippen LogP contribution in [0.2, 0.25) is 0 Å².